The third kappa shape index (κ3) is 2.39. The molecule has 0 unspecified atom stereocenters. The average molecular weight is 311 g/mol. The lowest BCUT2D eigenvalue weighted by Gasteiger charge is -2.32. The number of nitrogens with zero attached hydrogens (tertiary/aromatic N) is 2. The van der Waals surface area contributed by atoms with Crippen LogP contribution in [-0.4, -0.2) is 27.7 Å². The first-order chi connectivity index (χ1) is 9.60. The van der Waals surface area contributed by atoms with E-state index in [0.717, 1.165) is 43.2 Å². The molecule has 2 aromatic rings. The predicted octanol–water partition coefficient (Wildman–Crippen LogP) is 2.67. The lowest BCUT2D eigenvalue weighted by molar-refractivity contribution is -0.126. The Balaban J connectivity index is 1.91. The maximum Gasteiger partial charge on any atom is 0.230 e. The molecule has 1 aromatic heterocycles. The van der Waals surface area contributed by atoms with E-state index < -0.39 is 0 Å². The molecule has 0 radical (unpaired) electrons. The van der Waals surface area contributed by atoms with Crippen molar-refractivity contribution >= 4 is 46.0 Å². The number of anilines is 1. The highest BCUT2D eigenvalue weighted by Gasteiger charge is 2.35. The smallest absolute Gasteiger partial charge is 0.230 e. The molecular weight excluding hydrogens is 296 g/mol. The van der Waals surface area contributed by atoms with Crippen molar-refractivity contribution in [2.45, 2.75) is 19.8 Å². The molecule has 2 N–H and O–H groups in total. The van der Waals surface area contributed by atoms with Crippen LogP contribution in [0.25, 0.3) is 11.0 Å². The Hall–Kier alpha value is -1.24. The Morgan fingerprint density at radius 2 is 2.15 bits per heavy atom. The van der Waals surface area contributed by atoms with Gasteiger partial charge in [0.2, 0.25) is 5.91 Å². The number of carbonyl (C=O) groups excluding carboxylic acids is 1. The molecule has 0 saturated carbocycles. The molecule has 1 amide bonds. The van der Waals surface area contributed by atoms with E-state index in [1.165, 1.54) is 0 Å². The van der Waals surface area contributed by atoms with E-state index in [-0.39, 0.29) is 11.3 Å². The van der Waals surface area contributed by atoms with E-state index in [0.29, 0.717) is 16.2 Å². The number of aromatic nitrogens is 2. The van der Waals surface area contributed by atoms with E-state index in [1.807, 2.05) is 13.0 Å². The standard InChI is InChI=1S/C13H15ClN4OS/c1-13(4-6-15-7-5-13)12(19)16-10-8(14)2-3-9-11(10)18-20-17-9/h2-3,15H,4-7H2,1H3,(H,16,19). The van der Waals surface area contributed by atoms with Crippen LogP contribution in [0.3, 0.4) is 0 Å². The van der Waals surface area contributed by atoms with Gasteiger partial charge in [0, 0.05) is 5.41 Å². The fraction of sp³-hybridized carbons (Fsp3) is 0.462. The highest BCUT2D eigenvalue weighted by Crippen LogP contribution is 2.34. The normalized spacial score (nSPS) is 18.1. The Labute approximate surface area is 126 Å². The van der Waals surface area contributed by atoms with Crippen molar-refractivity contribution in [2.24, 2.45) is 5.41 Å². The topological polar surface area (TPSA) is 66.9 Å². The second-order valence-electron chi connectivity index (χ2n) is 5.32. The van der Waals surface area contributed by atoms with Gasteiger partial charge in [-0.05, 0) is 38.1 Å². The molecular formula is C13H15ClN4OS. The van der Waals surface area contributed by atoms with Crippen LogP contribution in [0, 0.1) is 5.41 Å². The van der Waals surface area contributed by atoms with Gasteiger partial charge in [-0.15, -0.1) is 0 Å². The first kappa shape index (κ1) is 13.7. The summed E-state index contributed by atoms with van der Waals surface area (Å²) < 4.78 is 8.39. The van der Waals surface area contributed by atoms with E-state index in [4.69, 9.17) is 11.6 Å². The molecule has 5 nitrogen and oxygen atoms in total. The molecule has 1 aromatic carbocycles. The summed E-state index contributed by atoms with van der Waals surface area (Å²) in [6, 6.07) is 3.55. The molecule has 106 valence electrons. The zero-order valence-electron chi connectivity index (χ0n) is 11.1. The highest BCUT2D eigenvalue weighted by molar-refractivity contribution is 7.00. The van der Waals surface area contributed by atoms with Crippen molar-refractivity contribution < 1.29 is 4.79 Å². The summed E-state index contributed by atoms with van der Waals surface area (Å²) in [5.41, 5.74) is 1.63. The lowest BCUT2D eigenvalue weighted by atomic mass is 9.80. The van der Waals surface area contributed by atoms with Gasteiger partial charge in [-0.3, -0.25) is 4.79 Å². The van der Waals surface area contributed by atoms with Gasteiger partial charge in [0.1, 0.15) is 11.0 Å². The summed E-state index contributed by atoms with van der Waals surface area (Å²) in [5.74, 6) is 0.00130. The molecule has 3 rings (SSSR count). The van der Waals surface area contributed by atoms with E-state index in [2.05, 4.69) is 19.4 Å². The number of piperidine rings is 1. The Bertz CT molecular complexity index is 651. The molecule has 0 bridgehead atoms. The molecule has 2 heterocycles. The van der Waals surface area contributed by atoms with E-state index >= 15 is 0 Å². The number of amides is 1. The molecule has 1 saturated heterocycles. The van der Waals surface area contributed by atoms with E-state index in [1.54, 1.807) is 6.07 Å². The minimum Gasteiger partial charge on any atom is -0.322 e. The van der Waals surface area contributed by atoms with Crippen molar-refractivity contribution in [3.63, 3.8) is 0 Å². The minimum absolute atomic E-state index is 0.00130. The second-order valence-corrected chi connectivity index (χ2v) is 6.25. The van der Waals surface area contributed by atoms with Gasteiger partial charge in [-0.2, -0.15) is 8.75 Å². The summed E-state index contributed by atoms with van der Waals surface area (Å²) in [4.78, 5) is 12.6. The third-order valence-electron chi connectivity index (χ3n) is 3.87. The van der Waals surface area contributed by atoms with Crippen molar-refractivity contribution in [3.05, 3.63) is 17.2 Å². The van der Waals surface area contributed by atoms with Crippen LogP contribution in [-0.2, 0) is 4.79 Å². The van der Waals surface area contributed by atoms with Gasteiger partial charge in [-0.25, -0.2) is 0 Å². The molecule has 0 atom stereocenters. The largest absolute Gasteiger partial charge is 0.322 e. The Morgan fingerprint density at radius 3 is 2.90 bits per heavy atom. The van der Waals surface area contributed by atoms with Crippen LogP contribution in [0.4, 0.5) is 5.69 Å². The van der Waals surface area contributed by atoms with Crippen LogP contribution < -0.4 is 10.6 Å². The zero-order valence-corrected chi connectivity index (χ0v) is 12.6. The number of nitrogens with one attached hydrogen (secondary N) is 2. The van der Waals surface area contributed by atoms with E-state index in [9.17, 15) is 4.79 Å². The quantitative estimate of drug-likeness (QED) is 0.895. The lowest BCUT2D eigenvalue weighted by Crippen LogP contribution is -2.42. The monoisotopic (exact) mass is 310 g/mol. The number of rotatable bonds is 2. The molecule has 1 fully saturated rings. The van der Waals surface area contributed by atoms with Gasteiger partial charge in [0.05, 0.1) is 22.4 Å². The first-order valence-corrected chi connectivity index (χ1v) is 7.64. The molecule has 1 aliphatic rings. The molecule has 0 aliphatic carbocycles. The van der Waals surface area contributed by atoms with Gasteiger partial charge in [0.15, 0.2) is 0 Å². The molecule has 0 spiro atoms. The van der Waals surface area contributed by atoms with Crippen molar-refractivity contribution in [2.75, 3.05) is 18.4 Å². The maximum atomic E-state index is 12.6. The molecule has 20 heavy (non-hydrogen) atoms. The van der Waals surface area contributed by atoms with Crippen LogP contribution in [0.15, 0.2) is 12.1 Å². The summed E-state index contributed by atoms with van der Waals surface area (Å²) in [7, 11) is 0. The summed E-state index contributed by atoms with van der Waals surface area (Å²) in [6.07, 6.45) is 1.64. The Morgan fingerprint density at radius 1 is 1.40 bits per heavy atom. The van der Waals surface area contributed by atoms with Gasteiger partial charge >= 0.3 is 0 Å². The van der Waals surface area contributed by atoms with Crippen molar-refractivity contribution in [3.8, 4) is 0 Å². The second kappa shape index (κ2) is 5.27. The summed E-state index contributed by atoms with van der Waals surface area (Å²) in [5, 5.41) is 6.72. The van der Waals surface area contributed by atoms with Crippen LogP contribution in [0.2, 0.25) is 5.02 Å². The predicted molar refractivity (Wildman–Crippen MR) is 81.3 cm³/mol. The van der Waals surface area contributed by atoms with Gasteiger partial charge in [-0.1, -0.05) is 18.5 Å². The number of benzene rings is 1. The fourth-order valence-electron chi connectivity index (χ4n) is 2.42. The maximum absolute atomic E-state index is 12.6. The number of fused-ring (bicyclic) bond motifs is 1. The first-order valence-electron chi connectivity index (χ1n) is 6.53. The van der Waals surface area contributed by atoms with Crippen LogP contribution in [0.5, 0.6) is 0 Å². The van der Waals surface area contributed by atoms with Gasteiger partial charge < -0.3 is 10.6 Å². The molecule has 1 aliphatic heterocycles. The third-order valence-corrected chi connectivity index (χ3v) is 4.73. The van der Waals surface area contributed by atoms with Gasteiger partial charge in [0.25, 0.3) is 0 Å². The average Bonchev–Trinajstić information content (AvgIpc) is 2.91. The van der Waals surface area contributed by atoms with Crippen LogP contribution in [0.1, 0.15) is 19.8 Å². The summed E-state index contributed by atoms with van der Waals surface area (Å²) in [6.45, 7) is 3.72. The molecule has 7 heteroatoms. The van der Waals surface area contributed by atoms with Crippen LogP contribution >= 0.6 is 23.3 Å². The van der Waals surface area contributed by atoms with Crippen molar-refractivity contribution in [1.82, 2.24) is 14.1 Å². The highest BCUT2D eigenvalue weighted by atomic mass is 35.5. The SMILES string of the molecule is CC1(C(=O)Nc2c(Cl)ccc3nsnc23)CCNCC1. The minimum atomic E-state index is -0.361. The zero-order chi connectivity index (χ0) is 14.2. The summed E-state index contributed by atoms with van der Waals surface area (Å²) >= 11 is 7.32. The fourth-order valence-corrected chi connectivity index (χ4v) is 3.16. The number of halogens is 1. The number of hydrogen-bond acceptors (Lipinski definition) is 5. The Kier molecular flexibility index (Phi) is 3.62. The van der Waals surface area contributed by atoms with Crippen molar-refractivity contribution in [1.29, 1.82) is 0 Å². The number of hydrogen-bond donors (Lipinski definition) is 2. The number of carbonyl (C=O) groups is 1.